The number of benzene rings is 2. The second-order valence-electron chi connectivity index (χ2n) is 9.85. The van der Waals surface area contributed by atoms with Crippen LogP contribution in [-0.4, -0.2) is 73.3 Å². The predicted molar refractivity (Wildman–Crippen MR) is 148 cm³/mol. The first-order valence-corrected chi connectivity index (χ1v) is 13.4. The lowest BCUT2D eigenvalue weighted by Gasteiger charge is -2.34. The SMILES string of the molecule is Cc1nnn(-c2ccc(C(F)F)cc2)c1COc1ccc(N2CCN(CCCc3ccc(C(=O)O)cc3)C(=O)C2)nn1. The van der Waals surface area contributed by atoms with Crippen LogP contribution in [0.3, 0.4) is 0 Å². The van der Waals surface area contributed by atoms with Gasteiger partial charge in [-0.25, -0.2) is 18.3 Å². The van der Waals surface area contributed by atoms with Crippen molar-refractivity contribution in [2.75, 3.05) is 31.1 Å². The molecule has 42 heavy (non-hydrogen) atoms. The average Bonchev–Trinajstić information content (AvgIpc) is 3.37. The molecule has 11 nitrogen and oxygen atoms in total. The van der Waals surface area contributed by atoms with Crippen LogP contribution in [0.1, 0.15) is 45.7 Å². The van der Waals surface area contributed by atoms with Gasteiger partial charge in [0.05, 0.1) is 23.5 Å². The molecule has 1 N–H and O–H groups in total. The number of amides is 1. The average molecular weight is 578 g/mol. The Morgan fingerprint density at radius 1 is 1.00 bits per heavy atom. The minimum atomic E-state index is -2.55. The third-order valence-electron chi connectivity index (χ3n) is 7.07. The van der Waals surface area contributed by atoms with Gasteiger partial charge in [-0.2, -0.15) is 0 Å². The monoisotopic (exact) mass is 577 g/mol. The molecule has 0 bridgehead atoms. The predicted octanol–water partition coefficient (Wildman–Crippen LogP) is 3.86. The van der Waals surface area contributed by atoms with Gasteiger partial charge >= 0.3 is 5.97 Å². The van der Waals surface area contributed by atoms with Crippen molar-refractivity contribution >= 4 is 17.7 Å². The lowest BCUT2D eigenvalue weighted by atomic mass is 10.1. The van der Waals surface area contributed by atoms with E-state index in [4.69, 9.17) is 9.84 Å². The first-order chi connectivity index (χ1) is 20.3. The van der Waals surface area contributed by atoms with Crippen molar-refractivity contribution in [1.82, 2.24) is 30.1 Å². The minimum Gasteiger partial charge on any atom is -0.478 e. The molecule has 218 valence electrons. The standard InChI is InChI=1S/C29H29F2N7O4/c1-19-24(38(35-32-19)23-10-8-21(9-11-23)28(30)31)18-42-26-13-12-25(33-34-26)37-16-15-36(27(39)17-37)14-2-3-20-4-6-22(7-5-20)29(40)41/h4-13,28H,2-3,14-18H2,1H3,(H,40,41). The molecule has 0 atom stereocenters. The van der Waals surface area contributed by atoms with Crippen LogP contribution in [0.4, 0.5) is 14.6 Å². The van der Waals surface area contributed by atoms with Crippen molar-refractivity contribution in [1.29, 1.82) is 0 Å². The van der Waals surface area contributed by atoms with E-state index in [0.29, 0.717) is 42.5 Å². The Hall–Kier alpha value is -4.94. The van der Waals surface area contributed by atoms with Crippen molar-refractivity contribution in [3.63, 3.8) is 0 Å². The second-order valence-corrected chi connectivity index (χ2v) is 9.85. The highest BCUT2D eigenvalue weighted by molar-refractivity contribution is 5.87. The molecule has 2 aromatic carbocycles. The van der Waals surface area contributed by atoms with Crippen molar-refractivity contribution in [2.24, 2.45) is 0 Å². The van der Waals surface area contributed by atoms with Crippen molar-refractivity contribution in [2.45, 2.75) is 32.8 Å². The van der Waals surface area contributed by atoms with Crippen molar-refractivity contribution < 1.29 is 28.2 Å². The Morgan fingerprint density at radius 2 is 1.76 bits per heavy atom. The molecule has 1 aliphatic heterocycles. The number of aryl methyl sites for hydroxylation is 2. The summed E-state index contributed by atoms with van der Waals surface area (Å²) in [7, 11) is 0. The Labute approximate surface area is 240 Å². The van der Waals surface area contributed by atoms with E-state index in [0.717, 1.165) is 18.4 Å². The summed E-state index contributed by atoms with van der Waals surface area (Å²) >= 11 is 0. The van der Waals surface area contributed by atoms with Crippen LogP contribution in [0, 0.1) is 6.92 Å². The molecule has 1 fully saturated rings. The van der Waals surface area contributed by atoms with Crippen LogP contribution in [0.5, 0.6) is 5.88 Å². The molecule has 0 aliphatic carbocycles. The lowest BCUT2D eigenvalue weighted by Crippen LogP contribution is -2.51. The van der Waals surface area contributed by atoms with Gasteiger partial charge in [0.1, 0.15) is 12.3 Å². The van der Waals surface area contributed by atoms with Gasteiger partial charge in [-0.05, 0) is 55.7 Å². The van der Waals surface area contributed by atoms with E-state index in [1.54, 1.807) is 55.5 Å². The largest absolute Gasteiger partial charge is 0.478 e. The van der Waals surface area contributed by atoms with Gasteiger partial charge in [0.15, 0.2) is 5.82 Å². The van der Waals surface area contributed by atoms with Gasteiger partial charge in [-0.15, -0.1) is 15.3 Å². The number of rotatable bonds is 11. The van der Waals surface area contributed by atoms with Crippen LogP contribution in [0.2, 0.25) is 0 Å². The number of anilines is 1. The summed E-state index contributed by atoms with van der Waals surface area (Å²) in [6.07, 6.45) is -1.02. The number of carboxylic acid groups (broad SMARTS) is 1. The topological polar surface area (TPSA) is 127 Å². The number of aromatic nitrogens is 5. The molecule has 0 radical (unpaired) electrons. The number of ether oxygens (including phenoxy) is 1. The highest BCUT2D eigenvalue weighted by Gasteiger charge is 2.25. The Bertz CT molecular complexity index is 1530. The molecule has 13 heteroatoms. The number of hydrogen-bond acceptors (Lipinski definition) is 8. The number of aromatic carboxylic acids is 1. The van der Waals surface area contributed by atoms with Gasteiger partial charge in [0.2, 0.25) is 11.8 Å². The summed E-state index contributed by atoms with van der Waals surface area (Å²) in [5.41, 5.74) is 3.06. The van der Waals surface area contributed by atoms with E-state index >= 15 is 0 Å². The van der Waals surface area contributed by atoms with Gasteiger partial charge in [0.25, 0.3) is 6.43 Å². The van der Waals surface area contributed by atoms with Crippen LogP contribution in [-0.2, 0) is 17.8 Å². The number of carboxylic acids is 1. The first-order valence-electron chi connectivity index (χ1n) is 13.4. The van der Waals surface area contributed by atoms with E-state index in [1.807, 2.05) is 9.80 Å². The fourth-order valence-electron chi connectivity index (χ4n) is 4.64. The zero-order valence-electron chi connectivity index (χ0n) is 22.9. The number of halogens is 2. The number of hydrogen-bond donors (Lipinski definition) is 1. The van der Waals surface area contributed by atoms with Crippen molar-refractivity contribution in [3.8, 4) is 11.6 Å². The Balaban J connectivity index is 1.11. The van der Waals surface area contributed by atoms with Crippen LogP contribution < -0.4 is 9.64 Å². The Kier molecular flexibility index (Phi) is 8.65. The fourth-order valence-corrected chi connectivity index (χ4v) is 4.64. The van der Waals surface area contributed by atoms with Crippen LogP contribution in [0.15, 0.2) is 60.7 Å². The molecule has 1 amide bonds. The van der Waals surface area contributed by atoms with E-state index in [-0.39, 0.29) is 36.1 Å². The summed E-state index contributed by atoms with van der Waals surface area (Å²) in [6.45, 7) is 3.85. The maximum Gasteiger partial charge on any atom is 0.335 e. The van der Waals surface area contributed by atoms with Gasteiger partial charge in [-0.1, -0.05) is 29.5 Å². The van der Waals surface area contributed by atoms with E-state index in [1.165, 1.54) is 16.8 Å². The molecule has 0 saturated carbocycles. The summed E-state index contributed by atoms with van der Waals surface area (Å²) in [5.74, 6) is -0.105. The van der Waals surface area contributed by atoms with Gasteiger partial charge < -0.3 is 19.6 Å². The van der Waals surface area contributed by atoms with Gasteiger partial charge in [0, 0.05) is 31.3 Å². The van der Waals surface area contributed by atoms with E-state index < -0.39 is 12.4 Å². The molecule has 0 spiro atoms. The third kappa shape index (κ3) is 6.67. The maximum atomic E-state index is 12.9. The summed E-state index contributed by atoms with van der Waals surface area (Å²) in [4.78, 5) is 27.5. The van der Waals surface area contributed by atoms with Gasteiger partial charge in [-0.3, -0.25) is 4.79 Å². The number of nitrogens with zero attached hydrogens (tertiary/aromatic N) is 7. The second kappa shape index (κ2) is 12.7. The van der Waals surface area contributed by atoms with Crippen molar-refractivity contribution in [3.05, 3.63) is 88.7 Å². The number of carbonyl (C=O) groups is 2. The van der Waals surface area contributed by atoms with Crippen LogP contribution >= 0.6 is 0 Å². The summed E-state index contributed by atoms with van der Waals surface area (Å²) in [6, 6.07) is 16.0. The smallest absolute Gasteiger partial charge is 0.335 e. The minimum absolute atomic E-state index is 0.00224. The van der Waals surface area contributed by atoms with Crippen LogP contribution in [0.25, 0.3) is 5.69 Å². The number of alkyl halides is 2. The molecule has 4 aromatic rings. The molecule has 2 aromatic heterocycles. The Morgan fingerprint density at radius 3 is 2.40 bits per heavy atom. The zero-order valence-corrected chi connectivity index (χ0v) is 22.9. The number of piperazine rings is 1. The van der Waals surface area contributed by atoms with E-state index in [2.05, 4.69) is 20.5 Å². The molecular weight excluding hydrogens is 548 g/mol. The zero-order chi connectivity index (χ0) is 29.6. The molecule has 3 heterocycles. The third-order valence-corrected chi connectivity index (χ3v) is 7.07. The molecule has 1 aliphatic rings. The maximum absolute atomic E-state index is 12.9. The molecule has 0 unspecified atom stereocenters. The lowest BCUT2D eigenvalue weighted by molar-refractivity contribution is -0.131. The van der Waals surface area contributed by atoms with E-state index in [9.17, 15) is 18.4 Å². The summed E-state index contributed by atoms with van der Waals surface area (Å²) < 4.78 is 33.2. The highest BCUT2D eigenvalue weighted by Crippen LogP contribution is 2.22. The number of carbonyl (C=O) groups excluding carboxylic acids is 1. The fraction of sp³-hybridized carbons (Fsp3) is 0.310. The highest BCUT2D eigenvalue weighted by atomic mass is 19.3. The quantitative estimate of drug-likeness (QED) is 0.283. The molecule has 1 saturated heterocycles. The molecule has 5 rings (SSSR count). The first kappa shape index (κ1) is 28.6. The normalized spacial score (nSPS) is 13.6. The summed E-state index contributed by atoms with van der Waals surface area (Å²) in [5, 5.41) is 25.6. The molecular formula is C29H29F2N7O4.